The van der Waals surface area contributed by atoms with E-state index in [1.54, 1.807) is 13.8 Å². The Labute approximate surface area is 91.0 Å². The van der Waals surface area contributed by atoms with Crippen LogP contribution in [0.15, 0.2) is 24.0 Å². The summed E-state index contributed by atoms with van der Waals surface area (Å²) in [6.07, 6.45) is 7.79. The van der Waals surface area contributed by atoms with E-state index >= 15 is 0 Å². The minimum atomic E-state index is -1.14. The Bertz CT molecular complexity index is 298. The molecule has 1 nitrogen and oxygen atoms in total. The molecular weight excluding hydrogens is 191 g/mol. The monoisotopic (exact) mass is 210 g/mol. The molecule has 0 radical (unpaired) electrons. The van der Waals surface area contributed by atoms with Crippen LogP contribution >= 0.6 is 0 Å². The molecule has 0 aromatic carbocycles. The van der Waals surface area contributed by atoms with Gasteiger partial charge < -0.3 is 4.74 Å². The van der Waals surface area contributed by atoms with Crippen LogP contribution in [-0.2, 0) is 4.74 Å². The molecule has 0 bridgehead atoms. The highest BCUT2D eigenvalue weighted by molar-refractivity contribution is 5.20. The number of alkyl halides is 1. The van der Waals surface area contributed by atoms with Crippen molar-refractivity contribution in [1.29, 1.82) is 0 Å². The van der Waals surface area contributed by atoms with Crippen molar-refractivity contribution in [1.82, 2.24) is 0 Å². The van der Waals surface area contributed by atoms with Crippen molar-refractivity contribution < 1.29 is 9.13 Å². The van der Waals surface area contributed by atoms with Gasteiger partial charge in [0, 0.05) is 18.3 Å². The molecule has 0 aromatic rings. The van der Waals surface area contributed by atoms with Gasteiger partial charge in [0.15, 0.2) is 0 Å². The maximum atomic E-state index is 13.6. The van der Waals surface area contributed by atoms with E-state index in [1.165, 1.54) is 0 Å². The third-order valence-corrected chi connectivity index (χ3v) is 3.35. The first-order valence-corrected chi connectivity index (χ1v) is 5.70. The van der Waals surface area contributed by atoms with E-state index < -0.39 is 5.67 Å². The number of fused-ring (bicyclic) bond motifs is 1. The summed E-state index contributed by atoms with van der Waals surface area (Å²) in [6, 6.07) is 0. The van der Waals surface area contributed by atoms with Gasteiger partial charge in [0.25, 0.3) is 0 Å². The molecule has 0 N–H and O–H groups in total. The number of ether oxygens (including phenoxy) is 1. The number of rotatable bonds is 2. The lowest BCUT2D eigenvalue weighted by Gasteiger charge is -2.22. The molecule has 2 aliphatic rings. The molecule has 0 saturated carbocycles. The summed E-state index contributed by atoms with van der Waals surface area (Å²) < 4.78 is 19.4. The highest BCUT2D eigenvalue weighted by Crippen LogP contribution is 2.42. The zero-order valence-corrected chi connectivity index (χ0v) is 9.66. The maximum absolute atomic E-state index is 13.6. The van der Waals surface area contributed by atoms with Crippen molar-refractivity contribution >= 4 is 0 Å². The Morgan fingerprint density at radius 1 is 1.53 bits per heavy atom. The van der Waals surface area contributed by atoms with Crippen LogP contribution in [0.5, 0.6) is 0 Å². The third-order valence-electron chi connectivity index (χ3n) is 3.35. The van der Waals surface area contributed by atoms with E-state index in [9.17, 15) is 4.39 Å². The maximum Gasteiger partial charge on any atom is 0.109 e. The zero-order valence-electron chi connectivity index (χ0n) is 9.66. The van der Waals surface area contributed by atoms with Gasteiger partial charge in [-0.15, -0.1) is 0 Å². The summed E-state index contributed by atoms with van der Waals surface area (Å²) in [5, 5.41) is 0. The molecule has 1 saturated heterocycles. The fraction of sp³-hybridized carbons (Fsp3) is 0.692. The van der Waals surface area contributed by atoms with Gasteiger partial charge in [-0.3, -0.25) is 0 Å². The number of hydrogen-bond acceptors (Lipinski definition) is 1. The minimum absolute atomic E-state index is 0.0427. The van der Waals surface area contributed by atoms with E-state index in [2.05, 4.69) is 13.0 Å². The van der Waals surface area contributed by atoms with Crippen molar-refractivity contribution in [3.8, 4) is 0 Å². The van der Waals surface area contributed by atoms with Crippen LogP contribution in [0.4, 0.5) is 4.39 Å². The van der Waals surface area contributed by atoms with E-state index in [4.69, 9.17) is 4.74 Å². The van der Waals surface area contributed by atoms with Gasteiger partial charge in [-0.1, -0.05) is 19.1 Å². The lowest BCUT2D eigenvalue weighted by atomic mass is 9.83. The first kappa shape index (κ1) is 10.7. The van der Waals surface area contributed by atoms with Crippen molar-refractivity contribution in [2.75, 3.05) is 0 Å². The Kier molecular flexibility index (Phi) is 2.61. The molecule has 84 valence electrons. The molecule has 0 spiro atoms. The predicted molar refractivity (Wildman–Crippen MR) is 59.2 cm³/mol. The van der Waals surface area contributed by atoms with Gasteiger partial charge in [-0.2, -0.15) is 0 Å². The van der Waals surface area contributed by atoms with Gasteiger partial charge in [0.2, 0.25) is 0 Å². The Balaban J connectivity index is 2.07. The van der Waals surface area contributed by atoms with Gasteiger partial charge >= 0.3 is 0 Å². The van der Waals surface area contributed by atoms with Crippen LogP contribution < -0.4 is 0 Å². The second-order valence-electron chi connectivity index (χ2n) is 5.28. The Morgan fingerprint density at radius 3 is 2.87 bits per heavy atom. The average Bonchev–Trinajstić information content (AvgIpc) is 2.42. The van der Waals surface area contributed by atoms with Crippen molar-refractivity contribution in [3.63, 3.8) is 0 Å². The van der Waals surface area contributed by atoms with Crippen molar-refractivity contribution in [2.45, 2.75) is 45.4 Å². The normalized spacial score (nSPS) is 34.7. The second-order valence-corrected chi connectivity index (χ2v) is 5.28. The first-order valence-electron chi connectivity index (χ1n) is 5.70. The summed E-state index contributed by atoms with van der Waals surface area (Å²) in [5.74, 6) is 1.96. The first-order chi connectivity index (χ1) is 6.97. The number of allylic oxidation sites excluding steroid dienone is 4. The smallest absolute Gasteiger partial charge is 0.109 e. The molecule has 3 atom stereocenters. The topological polar surface area (TPSA) is 9.23 Å². The molecule has 2 rings (SSSR count). The standard InChI is InChI=1S/C13H19FO/c1-9-10-6-4-5-7-11(10)15-12(9)8-13(2,3)14/h4-5,7,9-10,12H,6,8H2,1-3H3. The molecule has 0 amide bonds. The molecule has 2 heteroatoms. The Morgan fingerprint density at radius 2 is 2.27 bits per heavy atom. The Hall–Kier alpha value is -0.790. The van der Waals surface area contributed by atoms with E-state index in [0.717, 1.165) is 12.2 Å². The van der Waals surface area contributed by atoms with E-state index in [1.807, 2.05) is 12.2 Å². The van der Waals surface area contributed by atoms with E-state index in [0.29, 0.717) is 18.3 Å². The van der Waals surface area contributed by atoms with Gasteiger partial charge in [-0.25, -0.2) is 4.39 Å². The SMILES string of the molecule is CC1C(CC(C)(C)F)OC2=CC=CCC21. The molecule has 1 heterocycles. The fourth-order valence-corrected chi connectivity index (χ4v) is 2.48. The van der Waals surface area contributed by atoms with Crippen molar-refractivity contribution in [2.24, 2.45) is 11.8 Å². The fourth-order valence-electron chi connectivity index (χ4n) is 2.48. The lowest BCUT2D eigenvalue weighted by molar-refractivity contribution is 0.0643. The summed E-state index contributed by atoms with van der Waals surface area (Å²) in [5.41, 5.74) is -1.14. The van der Waals surface area contributed by atoms with Gasteiger partial charge in [-0.05, 0) is 26.3 Å². The van der Waals surface area contributed by atoms with Crippen LogP contribution in [0.2, 0.25) is 0 Å². The minimum Gasteiger partial charge on any atom is -0.494 e. The predicted octanol–water partition coefficient (Wildman–Crippen LogP) is 3.62. The molecule has 1 aliphatic heterocycles. The molecular formula is C13H19FO. The molecule has 1 fully saturated rings. The summed E-state index contributed by atoms with van der Waals surface area (Å²) in [4.78, 5) is 0. The van der Waals surface area contributed by atoms with Crippen LogP contribution in [-0.4, -0.2) is 11.8 Å². The molecule has 0 aromatic heterocycles. The zero-order chi connectivity index (χ0) is 11.1. The summed E-state index contributed by atoms with van der Waals surface area (Å²) >= 11 is 0. The van der Waals surface area contributed by atoms with E-state index in [-0.39, 0.29) is 6.10 Å². The van der Waals surface area contributed by atoms with Gasteiger partial charge in [0.05, 0.1) is 0 Å². The lowest BCUT2D eigenvalue weighted by Crippen LogP contribution is -2.26. The van der Waals surface area contributed by atoms with Gasteiger partial charge in [0.1, 0.15) is 17.5 Å². The van der Waals surface area contributed by atoms with Crippen LogP contribution in [0.25, 0.3) is 0 Å². The van der Waals surface area contributed by atoms with Crippen molar-refractivity contribution in [3.05, 3.63) is 24.0 Å². The molecule has 3 unspecified atom stereocenters. The average molecular weight is 210 g/mol. The highest BCUT2D eigenvalue weighted by atomic mass is 19.1. The van der Waals surface area contributed by atoms with Crippen LogP contribution in [0.1, 0.15) is 33.6 Å². The summed E-state index contributed by atoms with van der Waals surface area (Å²) in [7, 11) is 0. The quantitative estimate of drug-likeness (QED) is 0.676. The molecule has 1 aliphatic carbocycles. The summed E-state index contributed by atoms with van der Waals surface area (Å²) in [6.45, 7) is 5.41. The van der Waals surface area contributed by atoms with Crippen LogP contribution in [0, 0.1) is 11.8 Å². The largest absolute Gasteiger partial charge is 0.494 e. The highest BCUT2D eigenvalue weighted by Gasteiger charge is 2.40. The molecule has 15 heavy (non-hydrogen) atoms. The van der Waals surface area contributed by atoms with Crippen LogP contribution in [0.3, 0.4) is 0 Å². The second kappa shape index (κ2) is 3.66. The number of hydrogen-bond donors (Lipinski definition) is 0. The third kappa shape index (κ3) is 2.24. The number of halogens is 1.